The molecule has 26 heavy (non-hydrogen) atoms. The third-order valence-corrected chi connectivity index (χ3v) is 5.57. The van der Waals surface area contributed by atoms with Crippen LogP contribution in [-0.2, 0) is 4.79 Å². The summed E-state index contributed by atoms with van der Waals surface area (Å²) in [6.07, 6.45) is 3.12. The van der Waals surface area contributed by atoms with E-state index in [9.17, 15) is 9.59 Å². The Morgan fingerprint density at radius 3 is 2.62 bits per heavy atom. The van der Waals surface area contributed by atoms with Gasteiger partial charge in [-0.3, -0.25) is 9.59 Å². The summed E-state index contributed by atoms with van der Waals surface area (Å²) >= 11 is 6.24. The van der Waals surface area contributed by atoms with E-state index < -0.39 is 0 Å². The average Bonchev–Trinajstić information content (AvgIpc) is 3.26. The van der Waals surface area contributed by atoms with Crippen molar-refractivity contribution in [2.24, 2.45) is 17.3 Å². The molecule has 1 aliphatic carbocycles. The smallest absolute Gasteiger partial charge is 0.252 e. The topological polar surface area (TPSA) is 70.2 Å². The molecule has 2 aliphatic rings. The van der Waals surface area contributed by atoms with E-state index in [1.807, 2.05) is 13.8 Å². The molecule has 0 bridgehead atoms. The average molecular weight is 400 g/mol. The lowest BCUT2D eigenvalue weighted by atomic mass is 9.92. The second kappa shape index (κ2) is 8.59. The van der Waals surface area contributed by atoms with E-state index in [1.54, 1.807) is 18.2 Å². The summed E-state index contributed by atoms with van der Waals surface area (Å²) in [5, 5.41) is 9.50. The van der Waals surface area contributed by atoms with Gasteiger partial charge < -0.3 is 16.0 Å². The lowest BCUT2D eigenvalue weighted by Crippen LogP contribution is -2.31. The van der Waals surface area contributed by atoms with Crippen molar-refractivity contribution < 1.29 is 9.59 Å². The zero-order chi connectivity index (χ0) is 18.0. The largest absolute Gasteiger partial charge is 0.352 e. The van der Waals surface area contributed by atoms with Crippen LogP contribution in [0.3, 0.4) is 0 Å². The normalized spacial score (nSPS) is 20.4. The maximum absolute atomic E-state index is 12.5. The molecule has 144 valence electrons. The molecule has 2 amide bonds. The van der Waals surface area contributed by atoms with Crippen LogP contribution in [0.2, 0.25) is 5.02 Å². The second-order valence-corrected chi connectivity index (χ2v) is 8.06. The molecule has 1 spiro atoms. The van der Waals surface area contributed by atoms with E-state index in [2.05, 4.69) is 16.0 Å². The number of carbonyl (C=O) groups is 2. The van der Waals surface area contributed by atoms with Gasteiger partial charge in [0, 0.05) is 18.2 Å². The number of amides is 2. The predicted octanol–water partition coefficient (Wildman–Crippen LogP) is 3.48. The van der Waals surface area contributed by atoms with Gasteiger partial charge in [-0.25, -0.2) is 0 Å². The van der Waals surface area contributed by atoms with Crippen molar-refractivity contribution >= 4 is 41.5 Å². The summed E-state index contributed by atoms with van der Waals surface area (Å²) in [5.74, 6) is 0.354. The van der Waals surface area contributed by atoms with Crippen LogP contribution in [0.1, 0.15) is 43.5 Å². The Labute approximate surface area is 166 Å². The first-order valence-corrected chi connectivity index (χ1v) is 9.38. The second-order valence-electron chi connectivity index (χ2n) is 7.66. The standard InChI is InChI=1S/C19H26ClN3O2.ClH/c1-12(2)11-22-17(24)14-4-3-13(9-16(14)20)23-18(25)15-10-19(15)5-7-21-8-6-19;/h3-4,9,12,15,21H,5-8,10-11H2,1-2H3,(H,22,24)(H,23,25);1H. The van der Waals surface area contributed by atoms with Crippen molar-refractivity contribution in [1.29, 1.82) is 0 Å². The maximum atomic E-state index is 12.5. The number of rotatable bonds is 5. The van der Waals surface area contributed by atoms with E-state index in [4.69, 9.17) is 11.6 Å². The van der Waals surface area contributed by atoms with Gasteiger partial charge in [0.05, 0.1) is 10.6 Å². The number of benzene rings is 1. The third-order valence-electron chi connectivity index (χ3n) is 5.26. The lowest BCUT2D eigenvalue weighted by molar-refractivity contribution is -0.118. The van der Waals surface area contributed by atoms with Gasteiger partial charge >= 0.3 is 0 Å². The molecule has 1 saturated carbocycles. The van der Waals surface area contributed by atoms with Gasteiger partial charge in [0.1, 0.15) is 0 Å². The highest BCUT2D eigenvalue weighted by atomic mass is 35.5. The van der Waals surface area contributed by atoms with Crippen molar-refractivity contribution in [2.45, 2.75) is 33.1 Å². The van der Waals surface area contributed by atoms with E-state index in [0.717, 1.165) is 32.4 Å². The number of anilines is 1. The van der Waals surface area contributed by atoms with Crippen LogP contribution < -0.4 is 16.0 Å². The number of hydrogen-bond acceptors (Lipinski definition) is 3. The Bertz CT molecular complexity index is 673. The van der Waals surface area contributed by atoms with E-state index in [0.29, 0.717) is 28.7 Å². The number of hydrogen-bond donors (Lipinski definition) is 3. The Morgan fingerprint density at radius 2 is 2.00 bits per heavy atom. The monoisotopic (exact) mass is 399 g/mol. The van der Waals surface area contributed by atoms with Crippen molar-refractivity contribution in [3.8, 4) is 0 Å². The number of nitrogens with one attached hydrogen (secondary N) is 3. The molecule has 3 N–H and O–H groups in total. The zero-order valence-corrected chi connectivity index (χ0v) is 16.8. The summed E-state index contributed by atoms with van der Waals surface area (Å²) in [5.41, 5.74) is 1.28. The SMILES string of the molecule is CC(C)CNC(=O)c1ccc(NC(=O)C2CC23CCNCC3)cc1Cl.Cl. The molecule has 1 heterocycles. The van der Waals surface area contributed by atoms with Crippen LogP contribution in [0.5, 0.6) is 0 Å². The number of halogens is 2. The van der Waals surface area contributed by atoms with Crippen molar-refractivity contribution in [3.63, 3.8) is 0 Å². The Morgan fingerprint density at radius 1 is 1.31 bits per heavy atom. The zero-order valence-electron chi connectivity index (χ0n) is 15.2. The molecule has 1 aromatic carbocycles. The van der Waals surface area contributed by atoms with Crippen LogP contribution in [0.4, 0.5) is 5.69 Å². The molecule has 1 saturated heterocycles. The van der Waals surface area contributed by atoms with Crippen molar-refractivity contribution in [3.05, 3.63) is 28.8 Å². The van der Waals surface area contributed by atoms with Gasteiger partial charge in [-0.05, 0) is 61.9 Å². The van der Waals surface area contributed by atoms with Crippen molar-refractivity contribution in [1.82, 2.24) is 10.6 Å². The number of carbonyl (C=O) groups excluding carboxylic acids is 2. The summed E-state index contributed by atoms with van der Waals surface area (Å²) in [4.78, 5) is 24.6. The Kier molecular flexibility index (Phi) is 6.94. The quantitative estimate of drug-likeness (QED) is 0.709. The molecular formula is C19H27Cl2N3O2. The van der Waals surface area contributed by atoms with Crippen LogP contribution >= 0.6 is 24.0 Å². The fraction of sp³-hybridized carbons (Fsp3) is 0.579. The molecular weight excluding hydrogens is 373 g/mol. The van der Waals surface area contributed by atoms with Gasteiger partial charge in [-0.2, -0.15) is 0 Å². The summed E-state index contributed by atoms with van der Waals surface area (Å²) in [7, 11) is 0. The number of piperidine rings is 1. The van der Waals surface area contributed by atoms with Crippen LogP contribution in [0.15, 0.2) is 18.2 Å². The third kappa shape index (κ3) is 4.70. The summed E-state index contributed by atoms with van der Waals surface area (Å²) < 4.78 is 0. The minimum atomic E-state index is -0.188. The molecule has 1 aromatic rings. The Hall–Kier alpha value is -1.30. The molecule has 7 heteroatoms. The first kappa shape index (κ1) is 21.0. The lowest BCUT2D eigenvalue weighted by Gasteiger charge is -2.23. The van der Waals surface area contributed by atoms with Gasteiger partial charge in [0.15, 0.2) is 0 Å². The molecule has 1 unspecified atom stereocenters. The molecule has 3 rings (SSSR count). The van der Waals surface area contributed by atoms with E-state index >= 15 is 0 Å². The Balaban J connectivity index is 0.00000243. The van der Waals surface area contributed by atoms with Gasteiger partial charge in [0.25, 0.3) is 5.91 Å². The summed E-state index contributed by atoms with van der Waals surface area (Å²) in [6, 6.07) is 5.06. The molecule has 1 aliphatic heterocycles. The van der Waals surface area contributed by atoms with Gasteiger partial charge in [-0.1, -0.05) is 25.4 Å². The van der Waals surface area contributed by atoms with Crippen LogP contribution in [0, 0.1) is 17.3 Å². The fourth-order valence-electron chi connectivity index (χ4n) is 3.59. The highest BCUT2D eigenvalue weighted by Crippen LogP contribution is 2.58. The first-order chi connectivity index (χ1) is 11.9. The highest BCUT2D eigenvalue weighted by Gasteiger charge is 2.57. The van der Waals surface area contributed by atoms with Crippen LogP contribution in [-0.4, -0.2) is 31.4 Å². The van der Waals surface area contributed by atoms with Crippen LogP contribution in [0.25, 0.3) is 0 Å². The summed E-state index contributed by atoms with van der Waals surface area (Å²) in [6.45, 7) is 6.67. The predicted molar refractivity (Wildman–Crippen MR) is 107 cm³/mol. The molecule has 2 fully saturated rings. The molecule has 0 aromatic heterocycles. The maximum Gasteiger partial charge on any atom is 0.252 e. The van der Waals surface area contributed by atoms with E-state index in [-0.39, 0.29) is 35.6 Å². The molecule has 5 nitrogen and oxygen atoms in total. The molecule has 1 atom stereocenters. The fourth-order valence-corrected chi connectivity index (χ4v) is 3.86. The van der Waals surface area contributed by atoms with Gasteiger partial charge in [-0.15, -0.1) is 12.4 Å². The highest BCUT2D eigenvalue weighted by molar-refractivity contribution is 6.34. The minimum absolute atomic E-state index is 0. The molecule has 0 radical (unpaired) electrons. The van der Waals surface area contributed by atoms with Crippen molar-refractivity contribution in [2.75, 3.05) is 25.0 Å². The van der Waals surface area contributed by atoms with Gasteiger partial charge in [0.2, 0.25) is 5.91 Å². The first-order valence-electron chi connectivity index (χ1n) is 9.01. The van der Waals surface area contributed by atoms with E-state index in [1.165, 1.54) is 0 Å². The minimum Gasteiger partial charge on any atom is -0.352 e.